The van der Waals surface area contributed by atoms with Crippen molar-refractivity contribution in [2.24, 2.45) is 0 Å². The molecular weight excluding hydrogens is 240 g/mol. The molecule has 0 aliphatic rings. The third-order valence-electron chi connectivity index (χ3n) is 4.14. The molecule has 0 heteroatoms. The summed E-state index contributed by atoms with van der Waals surface area (Å²) in [7, 11) is 0. The summed E-state index contributed by atoms with van der Waals surface area (Å²) in [6, 6.07) is 11.1. The second kappa shape index (κ2) is 11.8. The molecule has 0 radical (unpaired) electrons. The summed E-state index contributed by atoms with van der Waals surface area (Å²) in [6.45, 7) is 6.08. The summed E-state index contributed by atoms with van der Waals surface area (Å²) in [5.41, 5.74) is 1.55. The number of hydrogen-bond donors (Lipinski definition) is 0. The van der Waals surface area contributed by atoms with Crippen LogP contribution in [0.4, 0.5) is 0 Å². The number of unbranched alkanes of at least 4 members (excludes halogenated alkanes) is 6. The smallest absolute Gasteiger partial charge is 0.0162 e. The van der Waals surface area contributed by atoms with Crippen LogP contribution in [0.1, 0.15) is 82.6 Å². The van der Waals surface area contributed by atoms with E-state index in [4.69, 9.17) is 0 Å². The molecule has 0 saturated carbocycles. The average molecular weight is 272 g/mol. The molecule has 0 fully saturated rings. The highest BCUT2D eigenvalue weighted by molar-refractivity contribution is 5.19. The lowest BCUT2D eigenvalue weighted by Crippen LogP contribution is -1.99. The summed E-state index contributed by atoms with van der Waals surface area (Å²) < 4.78 is 0. The number of allylic oxidation sites excluding steroid dienone is 1. The van der Waals surface area contributed by atoms with Crippen LogP contribution in [0.3, 0.4) is 0 Å². The van der Waals surface area contributed by atoms with Gasteiger partial charge in [-0.15, -0.1) is 6.58 Å². The second-order valence-electron chi connectivity index (χ2n) is 5.88. The molecule has 0 spiro atoms. The average Bonchev–Trinajstić information content (AvgIpc) is 2.50. The molecule has 112 valence electrons. The zero-order chi connectivity index (χ0) is 14.5. The quantitative estimate of drug-likeness (QED) is 0.287. The predicted octanol–water partition coefficient (Wildman–Crippen LogP) is 6.88. The second-order valence-corrected chi connectivity index (χ2v) is 5.88. The molecule has 1 rings (SSSR count). The van der Waals surface area contributed by atoms with Gasteiger partial charge in [0.15, 0.2) is 0 Å². The Morgan fingerprint density at radius 1 is 0.900 bits per heavy atom. The van der Waals surface area contributed by atoms with Crippen molar-refractivity contribution in [1.29, 1.82) is 0 Å². The first-order valence-corrected chi connectivity index (χ1v) is 8.54. The van der Waals surface area contributed by atoms with Gasteiger partial charge in [-0.25, -0.2) is 0 Å². The normalized spacial score (nSPS) is 12.2. The van der Waals surface area contributed by atoms with E-state index in [1.165, 1.54) is 64.2 Å². The fraction of sp³-hybridized carbons (Fsp3) is 0.600. The predicted molar refractivity (Wildman–Crippen MR) is 91.2 cm³/mol. The van der Waals surface area contributed by atoms with Crippen LogP contribution < -0.4 is 0 Å². The summed E-state index contributed by atoms with van der Waals surface area (Å²) in [5.74, 6) is 0.780. The standard InChI is InChI=1S/C20H32/c1-3-5-7-8-9-12-16-19(15-11-6-4-2)20-17-13-10-14-18-20/h3,10,13-14,17-19H,1,4-9,11-12,15-16H2,2H3. The Bertz CT molecular complexity index is 325. The minimum absolute atomic E-state index is 0.780. The Labute approximate surface area is 126 Å². The van der Waals surface area contributed by atoms with E-state index in [1.807, 2.05) is 6.08 Å². The molecule has 0 aliphatic carbocycles. The van der Waals surface area contributed by atoms with E-state index in [0.29, 0.717) is 0 Å². The van der Waals surface area contributed by atoms with Crippen LogP contribution >= 0.6 is 0 Å². The lowest BCUT2D eigenvalue weighted by molar-refractivity contribution is 0.499. The molecule has 0 saturated heterocycles. The van der Waals surface area contributed by atoms with Gasteiger partial charge in [-0.1, -0.05) is 81.9 Å². The summed E-state index contributed by atoms with van der Waals surface area (Å²) in [6.07, 6.45) is 15.5. The number of hydrogen-bond acceptors (Lipinski definition) is 0. The molecule has 1 aromatic rings. The Morgan fingerprint density at radius 2 is 1.55 bits per heavy atom. The minimum atomic E-state index is 0.780. The fourth-order valence-corrected chi connectivity index (χ4v) is 2.88. The Kier molecular flexibility index (Phi) is 10.0. The van der Waals surface area contributed by atoms with Crippen LogP contribution in [-0.2, 0) is 0 Å². The SMILES string of the molecule is C=CCCCCCCC(CCCCC)c1ccccc1. The van der Waals surface area contributed by atoms with Crippen LogP contribution in [0.2, 0.25) is 0 Å². The van der Waals surface area contributed by atoms with E-state index in [9.17, 15) is 0 Å². The van der Waals surface area contributed by atoms with Gasteiger partial charge in [0, 0.05) is 0 Å². The van der Waals surface area contributed by atoms with Crippen molar-refractivity contribution in [2.45, 2.75) is 77.0 Å². The molecule has 0 amide bonds. The van der Waals surface area contributed by atoms with Crippen molar-refractivity contribution in [2.75, 3.05) is 0 Å². The molecule has 0 N–H and O–H groups in total. The molecule has 1 unspecified atom stereocenters. The van der Waals surface area contributed by atoms with Crippen molar-refractivity contribution in [1.82, 2.24) is 0 Å². The van der Waals surface area contributed by atoms with Gasteiger partial charge in [-0.2, -0.15) is 0 Å². The third-order valence-corrected chi connectivity index (χ3v) is 4.14. The first-order chi connectivity index (χ1) is 9.88. The maximum absolute atomic E-state index is 3.79. The van der Waals surface area contributed by atoms with Gasteiger partial charge < -0.3 is 0 Å². The molecule has 0 nitrogen and oxygen atoms in total. The number of rotatable bonds is 12. The van der Waals surface area contributed by atoms with Crippen LogP contribution in [0.15, 0.2) is 43.0 Å². The molecule has 1 aromatic carbocycles. The van der Waals surface area contributed by atoms with E-state index in [2.05, 4.69) is 43.8 Å². The van der Waals surface area contributed by atoms with Crippen molar-refractivity contribution in [3.05, 3.63) is 48.6 Å². The van der Waals surface area contributed by atoms with Crippen molar-refractivity contribution in [3.8, 4) is 0 Å². The number of benzene rings is 1. The third kappa shape index (κ3) is 7.53. The Morgan fingerprint density at radius 3 is 2.20 bits per heavy atom. The van der Waals surface area contributed by atoms with Gasteiger partial charge in [0.05, 0.1) is 0 Å². The lowest BCUT2D eigenvalue weighted by Gasteiger charge is -2.17. The van der Waals surface area contributed by atoms with Crippen molar-refractivity contribution in [3.63, 3.8) is 0 Å². The molecule has 1 atom stereocenters. The zero-order valence-corrected chi connectivity index (χ0v) is 13.3. The van der Waals surface area contributed by atoms with E-state index >= 15 is 0 Å². The fourth-order valence-electron chi connectivity index (χ4n) is 2.88. The largest absolute Gasteiger partial charge is 0.103 e. The maximum atomic E-state index is 3.79. The van der Waals surface area contributed by atoms with E-state index in [0.717, 1.165) is 5.92 Å². The van der Waals surface area contributed by atoms with E-state index < -0.39 is 0 Å². The van der Waals surface area contributed by atoms with Crippen molar-refractivity contribution >= 4 is 0 Å². The van der Waals surface area contributed by atoms with Crippen molar-refractivity contribution < 1.29 is 0 Å². The molecular formula is C20H32. The molecule has 0 bridgehead atoms. The Balaban J connectivity index is 2.33. The maximum Gasteiger partial charge on any atom is -0.0162 e. The molecule has 0 heterocycles. The first-order valence-electron chi connectivity index (χ1n) is 8.54. The summed E-state index contributed by atoms with van der Waals surface area (Å²) >= 11 is 0. The lowest BCUT2D eigenvalue weighted by atomic mass is 9.88. The van der Waals surface area contributed by atoms with E-state index in [1.54, 1.807) is 5.56 Å². The van der Waals surface area contributed by atoms with Gasteiger partial charge in [0.25, 0.3) is 0 Å². The molecule has 20 heavy (non-hydrogen) atoms. The van der Waals surface area contributed by atoms with Gasteiger partial charge in [0.2, 0.25) is 0 Å². The van der Waals surface area contributed by atoms with Crippen LogP contribution in [0.5, 0.6) is 0 Å². The van der Waals surface area contributed by atoms with Gasteiger partial charge in [-0.05, 0) is 37.2 Å². The highest BCUT2D eigenvalue weighted by Gasteiger charge is 2.10. The first kappa shape index (κ1) is 17.0. The summed E-state index contributed by atoms with van der Waals surface area (Å²) in [4.78, 5) is 0. The highest BCUT2D eigenvalue weighted by atomic mass is 14.2. The highest BCUT2D eigenvalue weighted by Crippen LogP contribution is 2.28. The minimum Gasteiger partial charge on any atom is -0.103 e. The topological polar surface area (TPSA) is 0 Å². The van der Waals surface area contributed by atoms with Crippen LogP contribution in [0, 0.1) is 0 Å². The monoisotopic (exact) mass is 272 g/mol. The van der Waals surface area contributed by atoms with Gasteiger partial charge in [0.1, 0.15) is 0 Å². The summed E-state index contributed by atoms with van der Waals surface area (Å²) in [5, 5.41) is 0. The molecule has 0 aliphatic heterocycles. The zero-order valence-electron chi connectivity index (χ0n) is 13.3. The Hall–Kier alpha value is -1.04. The van der Waals surface area contributed by atoms with Gasteiger partial charge in [-0.3, -0.25) is 0 Å². The van der Waals surface area contributed by atoms with E-state index in [-0.39, 0.29) is 0 Å². The van der Waals surface area contributed by atoms with Crippen LogP contribution in [0.25, 0.3) is 0 Å². The molecule has 0 aromatic heterocycles. The van der Waals surface area contributed by atoms with Crippen LogP contribution in [-0.4, -0.2) is 0 Å². The van der Waals surface area contributed by atoms with Gasteiger partial charge >= 0.3 is 0 Å².